The average molecular weight is 317 g/mol. The Morgan fingerprint density at radius 3 is 2.78 bits per heavy atom. The van der Waals surface area contributed by atoms with Crippen molar-refractivity contribution in [3.8, 4) is 11.8 Å². The Morgan fingerprint density at radius 2 is 2.13 bits per heavy atom. The van der Waals surface area contributed by atoms with Gasteiger partial charge in [-0.1, -0.05) is 12.1 Å². The number of para-hydroxylation sites is 2. The van der Waals surface area contributed by atoms with E-state index in [1.54, 1.807) is 24.3 Å². The summed E-state index contributed by atoms with van der Waals surface area (Å²) in [5.41, 5.74) is 0.521. The second-order valence-corrected chi connectivity index (χ2v) is 5.05. The van der Waals surface area contributed by atoms with E-state index in [-0.39, 0.29) is 11.7 Å². The number of amides is 1. The van der Waals surface area contributed by atoms with Crippen LogP contribution in [0.2, 0.25) is 0 Å². The molecular formula is C17H23N3O3. The first kappa shape index (κ1) is 18.5. The van der Waals surface area contributed by atoms with Gasteiger partial charge in [-0.25, -0.2) is 0 Å². The van der Waals surface area contributed by atoms with Crippen LogP contribution in [-0.4, -0.2) is 32.3 Å². The molecule has 0 fully saturated rings. The summed E-state index contributed by atoms with van der Waals surface area (Å²) >= 11 is 0. The van der Waals surface area contributed by atoms with E-state index in [1.165, 1.54) is 13.3 Å². The molecule has 0 heterocycles. The summed E-state index contributed by atoms with van der Waals surface area (Å²) in [6, 6.07) is 8.91. The van der Waals surface area contributed by atoms with Crippen LogP contribution in [0.25, 0.3) is 0 Å². The zero-order valence-corrected chi connectivity index (χ0v) is 13.8. The summed E-state index contributed by atoms with van der Waals surface area (Å²) in [5.74, 6) is 0.0554. The lowest BCUT2D eigenvalue weighted by Gasteiger charge is -2.09. The first-order valence-corrected chi connectivity index (χ1v) is 7.48. The minimum Gasteiger partial charge on any atom is -0.495 e. The molecule has 6 heteroatoms. The van der Waals surface area contributed by atoms with Gasteiger partial charge in [0.2, 0.25) is 0 Å². The van der Waals surface area contributed by atoms with E-state index in [1.807, 2.05) is 19.9 Å². The van der Waals surface area contributed by atoms with Crippen LogP contribution in [0, 0.1) is 11.3 Å². The predicted molar refractivity (Wildman–Crippen MR) is 89.0 cm³/mol. The zero-order chi connectivity index (χ0) is 17.1. The Bertz CT molecular complexity index is 577. The van der Waals surface area contributed by atoms with E-state index in [0.717, 1.165) is 6.42 Å². The maximum absolute atomic E-state index is 12.1. The number of anilines is 1. The first-order valence-electron chi connectivity index (χ1n) is 7.48. The molecule has 124 valence electrons. The van der Waals surface area contributed by atoms with E-state index >= 15 is 0 Å². The van der Waals surface area contributed by atoms with Gasteiger partial charge in [-0.05, 0) is 32.4 Å². The van der Waals surface area contributed by atoms with Crippen LogP contribution in [0.4, 0.5) is 5.69 Å². The number of nitriles is 1. The Kier molecular flexibility index (Phi) is 8.25. The Hall–Kier alpha value is -2.52. The van der Waals surface area contributed by atoms with Crippen molar-refractivity contribution in [3.63, 3.8) is 0 Å². The molecule has 0 aromatic heterocycles. The molecule has 23 heavy (non-hydrogen) atoms. The predicted octanol–water partition coefficient (Wildman–Crippen LogP) is 2.45. The molecular weight excluding hydrogens is 294 g/mol. The second kappa shape index (κ2) is 10.2. The second-order valence-electron chi connectivity index (χ2n) is 5.05. The van der Waals surface area contributed by atoms with Gasteiger partial charge in [0.15, 0.2) is 0 Å². The number of hydrogen-bond acceptors (Lipinski definition) is 5. The number of rotatable bonds is 9. The number of methoxy groups -OCH3 is 1. The lowest BCUT2D eigenvalue weighted by molar-refractivity contribution is -0.112. The Morgan fingerprint density at radius 1 is 1.39 bits per heavy atom. The third-order valence-corrected chi connectivity index (χ3v) is 2.88. The van der Waals surface area contributed by atoms with Crippen molar-refractivity contribution in [1.82, 2.24) is 5.32 Å². The van der Waals surface area contributed by atoms with Crippen molar-refractivity contribution in [2.24, 2.45) is 0 Å². The highest BCUT2D eigenvalue weighted by Gasteiger charge is 2.11. The van der Waals surface area contributed by atoms with Crippen LogP contribution in [-0.2, 0) is 9.53 Å². The van der Waals surface area contributed by atoms with Crippen molar-refractivity contribution in [2.45, 2.75) is 26.4 Å². The minimum absolute atomic E-state index is 0.000633. The molecule has 0 aliphatic heterocycles. The van der Waals surface area contributed by atoms with Gasteiger partial charge in [0, 0.05) is 19.4 Å². The van der Waals surface area contributed by atoms with Crippen molar-refractivity contribution >= 4 is 11.6 Å². The van der Waals surface area contributed by atoms with Crippen LogP contribution in [0.15, 0.2) is 36.0 Å². The van der Waals surface area contributed by atoms with Crippen LogP contribution >= 0.6 is 0 Å². The van der Waals surface area contributed by atoms with Gasteiger partial charge in [-0.3, -0.25) is 4.79 Å². The van der Waals surface area contributed by atoms with Crippen LogP contribution < -0.4 is 15.4 Å². The number of nitrogens with one attached hydrogen (secondary N) is 2. The third-order valence-electron chi connectivity index (χ3n) is 2.88. The quantitative estimate of drug-likeness (QED) is 0.415. The average Bonchev–Trinajstić information content (AvgIpc) is 2.54. The van der Waals surface area contributed by atoms with E-state index in [0.29, 0.717) is 24.6 Å². The lowest BCUT2D eigenvalue weighted by atomic mass is 10.2. The van der Waals surface area contributed by atoms with Gasteiger partial charge in [0.25, 0.3) is 5.91 Å². The molecule has 0 aliphatic rings. The fraction of sp³-hybridized carbons (Fsp3) is 0.412. The van der Waals surface area contributed by atoms with Crippen LogP contribution in [0.3, 0.4) is 0 Å². The highest BCUT2D eigenvalue weighted by atomic mass is 16.5. The monoisotopic (exact) mass is 317 g/mol. The maximum Gasteiger partial charge on any atom is 0.267 e. The van der Waals surface area contributed by atoms with Crippen molar-refractivity contribution in [1.29, 1.82) is 5.26 Å². The number of carbonyl (C=O) groups is 1. The molecule has 6 nitrogen and oxygen atoms in total. The standard InChI is InChI=1S/C17H23N3O3/c1-13(2)23-10-6-9-19-12-14(11-18)17(21)20-15-7-4-5-8-16(15)22-3/h4-5,7-8,12-13,19H,6,9-10H2,1-3H3,(H,20,21)/b14-12-. The molecule has 1 rings (SSSR count). The summed E-state index contributed by atoms with van der Waals surface area (Å²) in [6.07, 6.45) is 2.41. The van der Waals surface area contributed by atoms with Crippen LogP contribution in [0.5, 0.6) is 5.75 Å². The minimum atomic E-state index is -0.483. The van der Waals surface area contributed by atoms with E-state index in [2.05, 4.69) is 10.6 Å². The van der Waals surface area contributed by atoms with Crippen molar-refractivity contribution in [3.05, 3.63) is 36.0 Å². The molecule has 0 radical (unpaired) electrons. The lowest BCUT2D eigenvalue weighted by Crippen LogP contribution is -2.18. The summed E-state index contributed by atoms with van der Waals surface area (Å²) in [4.78, 5) is 12.1. The van der Waals surface area contributed by atoms with Gasteiger partial charge in [-0.15, -0.1) is 0 Å². The van der Waals surface area contributed by atoms with Crippen LogP contribution in [0.1, 0.15) is 20.3 Å². The fourth-order valence-corrected chi connectivity index (χ4v) is 1.75. The summed E-state index contributed by atoms with van der Waals surface area (Å²) in [7, 11) is 1.52. The number of nitrogens with zero attached hydrogens (tertiary/aromatic N) is 1. The molecule has 0 spiro atoms. The largest absolute Gasteiger partial charge is 0.495 e. The molecule has 1 amide bonds. The Labute approximate surface area is 137 Å². The topological polar surface area (TPSA) is 83.4 Å². The van der Waals surface area contributed by atoms with E-state index in [4.69, 9.17) is 14.7 Å². The maximum atomic E-state index is 12.1. The molecule has 0 saturated heterocycles. The van der Waals surface area contributed by atoms with E-state index < -0.39 is 5.91 Å². The summed E-state index contributed by atoms with van der Waals surface area (Å²) < 4.78 is 10.6. The molecule has 1 aromatic rings. The number of carbonyl (C=O) groups excluding carboxylic acids is 1. The highest BCUT2D eigenvalue weighted by molar-refractivity contribution is 6.07. The number of benzene rings is 1. The van der Waals surface area contributed by atoms with Crippen molar-refractivity contribution < 1.29 is 14.3 Å². The zero-order valence-electron chi connectivity index (χ0n) is 13.8. The molecule has 0 aliphatic carbocycles. The molecule has 0 atom stereocenters. The summed E-state index contributed by atoms with van der Waals surface area (Å²) in [5, 5.41) is 14.7. The molecule has 0 bridgehead atoms. The molecule has 0 saturated carbocycles. The number of hydrogen-bond donors (Lipinski definition) is 2. The van der Waals surface area contributed by atoms with Crippen molar-refractivity contribution in [2.75, 3.05) is 25.6 Å². The molecule has 2 N–H and O–H groups in total. The van der Waals surface area contributed by atoms with Gasteiger partial charge in [0.05, 0.1) is 18.9 Å². The number of ether oxygens (including phenoxy) is 2. The smallest absolute Gasteiger partial charge is 0.267 e. The SMILES string of the molecule is COc1ccccc1NC(=O)/C(C#N)=C\NCCCOC(C)C. The normalized spacial score (nSPS) is 11.0. The molecule has 1 aromatic carbocycles. The third kappa shape index (κ3) is 6.85. The molecule has 0 unspecified atom stereocenters. The Balaban J connectivity index is 2.51. The highest BCUT2D eigenvalue weighted by Crippen LogP contribution is 2.23. The van der Waals surface area contributed by atoms with Gasteiger partial charge >= 0.3 is 0 Å². The van der Waals surface area contributed by atoms with Gasteiger partial charge in [-0.2, -0.15) is 5.26 Å². The van der Waals surface area contributed by atoms with Gasteiger partial charge in [0.1, 0.15) is 17.4 Å². The fourth-order valence-electron chi connectivity index (χ4n) is 1.75. The first-order chi connectivity index (χ1) is 11.1. The van der Waals surface area contributed by atoms with Gasteiger partial charge < -0.3 is 20.1 Å². The summed E-state index contributed by atoms with van der Waals surface area (Å²) in [6.45, 7) is 5.21. The van der Waals surface area contributed by atoms with E-state index in [9.17, 15) is 4.79 Å².